The van der Waals surface area contributed by atoms with Crippen molar-refractivity contribution in [1.82, 2.24) is 10.4 Å². The lowest BCUT2D eigenvalue weighted by molar-refractivity contribution is 0.224. The first kappa shape index (κ1) is 11.5. The number of amides is 2. The van der Waals surface area contributed by atoms with Crippen molar-refractivity contribution >= 4 is 11.7 Å². The Balaban J connectivity index is 2.53. The second-order valence-electron chi connectivity index (χ2n) is 3.36. The van der Waals surface area contributed by atoms with Gasteiger partial charge in [-0.3, -0.25) is 5.43 Å². The molecule has 1 aromatic rings. The van der Waals surface area contributed by atoms with Crippen LogP contribution in [0.5, 0.6) is 0 Å². The summed E-state index contributed by atoms with van der Waals surface area (Å²) in [6.45, 7) is 0.504. The number of carbonyl (C=O) groups is 1. The monoisotopic (exact) mass is 208 g/mol. The zero-order valence-corrected chi connectivity index (χ0v) is 8.95. The molecule has 1 aromatic carbocycles. The van der Waals surface area contributed by atoms with Gasteiger partial charge in [-0.05, 0) is 17.7 Å². The van der Waals surface area contributed by atoms with Crippen LogP contribution in [0.25, 0.3) is 0 Å². The van der Waals surface area contributed by atoms with Crippen molar-refractivity contribution in [3.05, 3.63) is 29.8 Å². The quantitative estimate of drug-likeness (QED) is 0.642. The van der Waals surface area contributed by atoms with Gasteiger partial charge in [0.1, 0.15) is 0 Å². The number of carbonyl (C=O) groups excluding carboxylic acids is 1. The van der Waals surface area contributed by atoms with Crippen molar-refractivity contribution in [3.8, 4) is 0 Å². The molecule has 0 spiro atoms. The fourth-order valence-corrected chi connectivity index (χ4v) is 1.09. The maximum absolute atomic E-state index is 11.3. The molecule has 82 valence electrons. The van der Waals surface area contributed by atoms with Crippen molar-refractivity contribution in [2.24, 2.45) is 5.73 Å². The van der Waals surface area contributed by atoms with E-state index < -0.39 is 0 Å². The summed E-state index contributed by atoms with van der Waals surface area (Å²) in [5, 5.41) is 4.27. The molecule has 0 aliphatic rings. The molecule has 0 radical (unpaired) electrons. The van der Waals surface area contributed by atoms with E-state index in [9.17, 15) is 4.79 Å². The van der Waals surface area contributed by atoms with Gasteiger partial charge in [0.05, 0.1) is 0 Å². The largest absolute Gasteiger partial charge is 0.333 e. The summed E-state index contributed by atoms with van der Waals surface area (Å²) in [4.78, 5) is 11.3. The molecule has 0 saturated heterocycles. The average Bonchev–Trinajstić information content (AvgIpc) is 2.17. The summed E-state index contributed by atoms with van der Waals surface area (Å²) < 4.78 is 0. The Morgan fingerprint density at radius 3 is 2.40 bits per heavy atom. The fraction of sp³-hybridized carbons (Fsp3) is 0.300. The highest BCUT2D eigenvalue weighted by Crippen LogP contribution is 2.08. The van der Waals surface area contributed by atoms with E-state index in [-0.39, 0.29) is 6.03 Å². The predicted octanol–water partition coefficient (Wildman–Crippen LogP) is 0.743. The van der Waals surface area contributed by atoms with E-state index >= 15 is 0 Å². The number of benzene rings is 1. The Kier molecular flexibility index (Phi) is 4.08. The van der Waals surface area contributed by atoms with Gasteiger partial charge < -0.3 is 11.1 Å². The standard InChI is InChI=1S/C10H16N4O/c1-14(2)13-10(15)12-9-5-3-8(7-11)4-6-9/h3-6H,7,11H2,1-2H3,(H2,12,13,15). The first-order chi connectivity index (χ1) is 7.11. The van der Waals surface area contributed by atoms with Crippen LogP contribution in [0, 0.1) is 0 Å². The van der Waals surface area contributed by atoms with Crippen LogP contribution in [0.2, 0.25) is 0 Å². The Morgan fingerprint density at radius 2 is 1.93 bits per heavy atom. The van der Waals surface area contributed by atoms with Crippen molar-refractivity contribution in [2.75, 3.05) is 19.4 Å². The number of hydrazine groups is 1. The third-order valence-corrected chi connectivity index (χ3v) is 1.77. The van der Waals surface area contributed by atoms with Crippen LogP contribution in [-0.4, -0.2) is 25.1 Å². The van der Waals surface area contributed by atoms with Gasteiger partial charge in [-0.2, -0.15) is 0 Å². The minimum absolute atomic E-state index is 0.263. The molecule has 0 aliphatic heterocycles. The zero-order chi connectivity index (χ0) is 11.3. The van der Waals surface area contributed by atoms with E-state index in [0.29, 0.717) is 6.54 Å². The van der Waals surface area contributed by atoms with Gasteiger partial charge in [-0.15, -0.1) is 0 Å². The van der Waals surface area contributed by atoms with Crippen molar-refractivity contribution in [2.45, 2.75) is 6.54 Å². The molecule has 0 aliphatic carbocycles. The molecule has 2 amide bonds. The Bertz CT molecular complexity index is 321. The van der Waals surface area contributed by atoms with E-state index in [2.05, 4.69) is 10.7 Å². The lowest BCUT2D eigenvalue weighted by atomic mass is 10.2. The Labute approximate surface area is 89.2 Å². The third kappa shape index (κ3) is 3.97. The number of rotatable bonds is 3. The van der Waals surface area contributed by atoms with Crippen LogP contribution < -0.4 is 16.5 Å². The second-order valence-corrected chi connectivity index (χ2v) is 3.36. The van der Waals surface area contributed by atoms with Gasteiger partial charge in [0.15, 0.2) is 0 Å². The van der Waals surface area contributed by atoms with Gasteiger partial charge in [0.2, 0.25) is 0 Å². The lowest BCUT2D eigenvalue weighted by Gasteiger charge is -2.12. The molecule has 0 atom stereocenters. The highest BCUT2D eigenvalue weighted by Gasteiger charge is 2.01. The fourth-order valence-electron chi connectivity index (χ4n) is 1.09. The van der Waals surface area contributed by atoms with Crippen LogP contribution >= 0.6 is 0 Å². The summed E-state index contributed by atoms with van der Waals surface area (Å²) >= 11 is 0. The highest BCUT2D eigenvalue weighted by atomic mass is 16.2. The normalized spacial score (nSPS) is 10.1. The topological polar surface area (TPSA) is 70.4 Å². The molecule has 5 heteroatoms. The minimum atomic E-state index is -0.263. The van der Waals surface area contributed by atoms with Gasteiger partial charge >= 0.3 is 6.03 Å². The smallest absolute Gasteiger partial charge is 0.326 e. The van der Waals surface area contributed by atoms with Gasteiger partial charge in [-0.1, -0.05) is 12.1 Å². The van der Waals surface area contributed by atoms with Crippen molar-refractivity contribution < 1.29 is 4.79 Å². The summed E-state index contributed by atoms with van der Waals surface area (Å²) in [6.07, 6.45) is 0. The summed E-state index contributed by atoms with van der Waals surface area (Å²) in [7, 11) is 3.49. The minimum Gasteiger partial charge on any atom is -0.326 e. The van der Waals surface area contributed by atoms with Crippen LogP contribution in [0.15, 0.2) is 24.3 Å². The predicted molar refractivity (Wildman–Crippen MR) is 60.2 cm³/mol. The van der Waals surface area contributed by atoms with E-state index in [1.807, 2.05) is 24.3 Å². The van der Waals surface area contributed by atoms with Crippen LogP contribution in [0.3, 0.4) is 0 Å². The maximum atomic E-state index is 11.3. The maximum Gasteiger partial charge on any atom is 0.333 e. The molecular weight excluding hydrogens is 192 g/mol. The van der Waals surface area contributed by atoms with E-state index in [0.717, 1.165) is 11.3 Å². The molecule has 1 rings (SSSR count). The summed E-state index contributed by atoms with van der Waals surface area (Å²) in [6, 6.07) is 7.13. The molecule has 0 unspecified atom stereocenters. The zero-order valence-electron chi connectivity index (χ0n) is 8.95. The first-order valence-corrected chi connectivity index (χ1v) is 4.66. The highest BCUT2D eigenvalue weighted by molar-refractivity contribution is 5.88. The first-order valence-electron chi connectivity index (χ1n) is 4.66. The van der Waals surface area contributed by atoms with Crippen molar-refractivity contribution in [3.63, 3.8) is 0 Å². The van der Waals surface area contributed by atoms with Crippen LogP contribution in [-0.2, 0) is 6.54 Å². The van der Waals surface area contributed by atoms with Gasteiger partial charge in [0.25, 0.3) is 0 Å². The van der Waals surface area contributed by atoms with Crippen molar-refractivity contribution in [1.29, 1.82) is 0 Å². The van der Waals surface area contributed by atoms with E-state index in [1.54, 1.807) is 19.1 Å². The number of anilines is 1. The molecular formula is C10H16N4O. The molecule has 0 heterocycles. The molecule has 0 fully saturated rings. The van der Waals surface area contributed by atoms with Crippen LogP contribution in [0.1, 0.15) is 5.56 Å². The Hall–Kier alpha value is -1.59. The number of urea groups is 1. The number of hydrogen-bond donors (Lipinski definition) is 3. The van der Waals surface area contributed by atoms with Gasteiger partial charge in [0, 0.05) is 26.3 Å². The van der Waals surface area contributed by atoms with Gasteiger partial charge in [-0.25, -0.2) is 9.80 Å². The number of hydrogen-bond acceptors (Lipinski definition) is 3. The molecule has 0 bridgehead atoms. The van der Waals surface area contributed by atoms with E-state index in [4.69, 9.17) is 5.73 Å². The number of nitrogens with zero attached hydrogens (tertiary/aromatic N) is 1. The molecule has 0 aromatic heterocycles. The average molecular weight is 208 g/mol. The number of nitrogens with one attached hydrogen (secondary N) is 2. The summed E-state index contributed by atoms with van der Waals surface area (Å²) in [5.41, 5.74) is 9.82. The lowest BCUT2D eigenvalue weighted by Crippen LogP contribution is -2.39. The molecule has 5 nitrogen and oxygen atoms in total. The van der Waals surface area contributed by atoms with E-state index in [1.165, 1.54) is 0 Å². The molecule has 15 heavy (non-hydrogen) atoms. The molecule has 4 N–H and O–H groups in total. The molecule has 0 saturated carbocycles. The van der Waals surface area contributed by atoms with Crippen LogP contribution in [0.4, 0.5) is 10.5 Å². The second kappa shape index (κ2) is 5.33. The number of nitrogens with two attached hydrogens (primary N) is 1. The SMILES string of the molecule is CN(C)NC(=O)Nc1ccc(CN)cc1. The third-order valence-electron chi connectivity index (χ3n) is 1.77. The summed E-state index contributed by atoms with van der Waals surface area (Å²) in [5.74, 6) is 0. The Morgan fingerprint density at radius 1 is 1.33 bits per heavy atom.